The maximum Gasteiger partial charge on any atom is 0.229 e. The number of imidazole rings is 1. The third-order valence-electron chi connectivity index (χ3n) is 4.65. The Hall–Kier alpha value is -1.88. The molecule has 1 atom stereocenters. The maximum atomic E-state index is 12.5. The Morgan fingerprint density at radius 2 is 2.24 bits per heavy atom. The Morgan fingerprint density at radius 1 is 1.33 bits per heavy atom. The van der Waals surface area contributed by atoms with E-state index in [4.69, 9.17) is 0 Å². The van der Waals surface area contributed by atoms with Gasteiger partial charge in [-0.15, -0.1) is 0 Å². The third kappa shape index (κ3) is 2.21. The van der Waals surface area contributed by atoms with Crippen LogP contribution in [0, 0.1) is 5.92 Å². The van der Waals surface area contributed by atoms with E-state index in [0.29, 0.717) is 12.3 Å². The molecule has 110 valence electrons. The lowest BCUT2D eigenvalue weighted by molar-refractivity contribution is -0.118. The summed E-state index contributed by atoms with van der Waals surface area (Å²) >= 11 is 0. The van der Waals surface area contributed by atoms with E-state index >= 15 is 0 Å². The summed E-state index contributed by atoms with van der Waals surface area (Å²) in [6, 6.07) is 8.09. The molecule has 0 saturated carbocycles. The second-order valence-electron chi connectivity index (χ2n) is 6.00. The lowest BCUT2D eigenvalue weighted by Crippen LogP contribution is -2.29. The first-order valence-corrected chi connectivity index (χ1v) is 7.79. The van der Waals surface area contributed by atoms with Crippen LogP contribution >= 0.6 is 0 Å². The number of carbonyl (C=O) groups excluding carboxylic acids is 1. The van der Waals surface area contributed by atoms with E-state index in [-0.39, 0.29) is 5.91 Å². The molecular weight excluding hydrogens is 264 g/mol. The molecule has 1 unspecified atom stereocenters. The molecule has 5 nitrogen and oxygen atoms in total. The molecule has 0 bridgehead atoms. The minimum atomic E-state index is 0.218. The van der Waals surface area contributed by atoms with Crippen molar-refractivity contribution in [2.24, 2.45) is 5.92 Å². The molecule has 21 heavy (non-hydrogen) atoms. The van der Waals surface area contributed by atoms with E-state index in [9.17, 15) is 4.79 Å². The van der Waals surface area contributed by atoms with Crippen molar-refractivity contribution in [3.8, 4) is 0 Å². The Morgan fingerprint density at radius 3 is 3.10 bits per heavy atom. The van der Waals surface area contributed by atoms with Gasteiger partial charge in [0.25, 0.3) is 0 Å². The maximum absolute atomic E-state index is 12.5. The zero-order valence-electron chi connectivity index (χ0n) is 12.1. The third-order valence-corrected chi connectivity index (χ3v) is 4.65. The number of hydrogen-bond donors (Lipinski definition) is 1. The van der Waals surface area contributed by atoms with Gasteiger partial charge in [-0.25, -0.2) is 4.98 Å². The highest BCUT2D eigenvalue weighted by Gasteiger charge is 2.28. The van der Waals surface area contributed by atoms with Crippen molar-refractivity contribution in [3.05, 3.63) is 24.3 Å². The van der Waals surface area contributed by atoms with E-state index in [2.05, 4.69) is 20.9 Å². The van der Waals surface area contributed by atoms with Crippen molar-refractivity contribution < 1.29 is 4.79 Å². The molecule has 1 aromatic heterocycles. The molecule has 0 spiro atoms. The summed E-state index contributed by atoms with van der Waals surface area (Å²) in [5.74, 6) is 1.71. The van der Waals surface area contributed by atoms with Gasteiger partial charge in [0.1, 0.15) is 0 Å². The fourth-order valence-electron chi connectivity index (χ4n) is 3.45. The monoisotopic (exact) mass is 284 g/mol. The smallest absolute Gasteiger partial charge is 0.229 e. The summed E-state index contributed by atoms with van der Waals surface area (Å²) in [5, 5.41) is 3.36. The molecule has 1 N–H and O–H groups in total. The molecule has 2 aliphatic heterocycles. The summed E-state index contributed by atoms with van der Waals surface area (Å²) in [4.78, 5) is 19.0. The molecule has 1 aromatic carbocycles. The molecule has 5 heteroatoms. The van der Waals surface area contributed by atoms with Crippen molar-refractivity contribution >= 4 is 22.9 Å². The lowest BCUT2D eigenvalue weighted by Gasteiger charge is -2.15. The van der Waals surface area contributed by atoms with Gasteiger partial charge in [0.2, 0.25) is 11.9 Å². The second kappa shape index (κ2) is 5.15. The van der Waals surface area contributed by atoms with Gasteiger partial charge < -0.3 is 9.88 Å². The van der Waals surface area contributed by atoms with Crippen molar-refractivity contribution in [1.82, 2.24) is 14.9 Å². The molecule has 4 rings (SSSR count). The predicted octanol–water partition coefficient (Wildman–Crippen LogP) is 1.77. The minimum absolute atomic E-state index is 0.218. The van der Waals surface area contributed by atoms with Crippen LogP contribution in [0.3, 0.4) is 0 Å². The Kier molecular flexibility index (Phi) is 3.15. The molecular formula is C16H20N4O. The molecule has 1 saturated heterocycles. The molecule has 2 aromatic rings. The average molecular weight is 284 g/mol. The van der Waals surface area contributed by atoms with E-state index < -0.39 is 0 Å². The van der Waals surface area contributed by atoms with E-state index in [0.717, 1.165) is 49.6 Å². The molecule has 0 aliphatic carbocycles. The summed E-state index contributed by atoms with van der Waals surface area (Å²) in [7, 11) is 0. The van der Waals surface area contributed by atoms with Crippen LogP contribution in [0.25, 0.3) is 11.0 Å². The first-order chi connectivity index (χ1) is 10.3. The molecule has 2 aliphatic rings. The van der Waals surface area contributed by atoms with Crippen LogP contribution in [0.15, 0.2) is 24.3 Å². The number of hydrogen-bond acceptors (Lipinski definition) is 3. The average Bonchev–Trinajstić information content (AvgIpc) is 3.20. The van der Waals surface area contributed by atoms with E-state index in [1.54, 1.807) is 0 Å². The highest BCUT2D eigenvalue weighted by molar-refractivity contribution is 5.94. The van der Waals surface area contributed by atoms with Crippen LogP contribution in [0.4, 0.5) is 5.95 Å². The molecule has 1 fully saturated rings. The first kappa shape index (κ1) is 12.8. The Balaban J connectivity index is 1.51. The lowest BCUT2D eigenvalue weighted by atomic mass is 10.0. The van der Waals surface area contributed by atoms with Crippen LogP contribution in [0.1, 0.15) is 19.3 Å². The van der Waals surface area contributed by atoms with Crippen LogP contribution in [-0.2, 0) is 11.3 Å². The van der Waals surface area contributed by atoms with Crippen LogP contribution in [0.2, 0.25) is 0 Å². The highest BCUT2D eigenvalue weighted by atomic mass is 16.2. The summed E-state index contributed by atoms with van der Waals surface area (Å²) in [6.45, 7) is 3.77. The standard InChI is InChI=1S/C16H20N4O/c21-15(6-5-12-7-8-17-11-12)20-10-9-19-14-4-2-1-3-13(14)18-16(19)20/h1-4,12,17H,5-11H2. The molecule has 3 heterocycles. The van der Waals surface area contributed by atoms with Gasteiger partial charge in [0.15, 0.2) is 0 Å². The number of carbonyl (C=O) groups is 1. The predicted molar refractivity (Wildman–Crippen MR) is 82.3 cm³/mol. The topological polar surface area (TPSA) is 50.2 Å². The summed E-state index contributed by atoms with van der Waals surface area (Å²) in [6.07, 6.45) is 2.82. The highest BCUT2D eigenvalue weighted by Crippen LogP contribution is 2.28. The summed E-state index contributed by atoms with van der Waals surface area (Å²) < 4.78 is 2.16. The normalized spacial score (nSPS) is 21.1. The number of fused-ring (bicyclic) bond motifs is 3. The van der Waals surface area contributed by atoms with Gasteiger partial charge in [-0.2, -0.15) is 0 Å². The Labute approximate surface area is 123 Å². The van der Waals surface area contributed by atoms with E-state index in [1.807, 2.05) is 23.1 Å². The van der Waals surface area contributed by atoms with Gasteiger partial charge in [-0.3, -0.25) is 9.69 Å². The van der Waals surface area contributed by atoms with Gasteiger partial charge in [-0.05, 0) is 44.0 Å². The number of aromatic nitrogens is 2. The number of para-hydroxylation sites is 2. The Bertz CT molecular complexity index is 672. The number of amides is 1. The largest absolute Gasteiger partial charge is 0.316 e. The number of anilines is 1. The number of benzene rings is 1. The van der Waals surface area contributed by atoms with Crippen molar-refractivity contribution in [2.45, 2.75) is 25.8 Å². The molecule has 0 radical (unpaired) electrons. The quantitative estimate of drug-likeness (QED) is 0.934. The number of nitrogens with zero attached hydrogens (tertiary/aromatic N) is 3. The number of nitrogens with one attached hydrogen (secondary N) is 1. The van der Waals surface area contributed by atoms with E-state index in [1.165, 1.54) is 6.42 Å². The zero-order chi connectivity index (χ0) is 14.2. The van der Waals surface area contributed by atoms with Gasteiger partial charge in [0.05, 0.1) is 11.0 Å². The zero-order valence-corrected chi connectivity index (χ0v) is 12.1. The van der Waals surface area contributed by atoms with Gasteiger partial charge >= 0.3 is 0 Å². The van der Waals surface area contributed by atoms with Crippen molar-refractivity contribution in [2.75, 3.05) is 24.5 Å². The van der Waals surface area contributed by atoms with Crippen LogP contribution in [-0.4, -0.2) is 35.1 Å². The molecule has 1 amide bonds. The fraction of sp³-hybridized carbons (Fsp3) is 0.500. The van der Waals surface area contributed by atoms with Crippen molar-refractivity contribution in [1.29, 1.82) is 0 Å². The fourth-order valence-corrected chi connectivity index (χ4v) is 3.45. The number of rotatable bonds is 3. The van der Waals surface area contributed by atoms with Crippen LogP contribution < -0.4 is 10.2 Å². The second-order valence-corrected chi connectivity index (χ2v) is 6.00. The SMILES string of the molecule is O=C(CCC1CCNC1)N1CCn2c1nc1ccccc12. The van der Waals surface area contributed by atoms with Gasteiger partial charge in [-0.1, -0.05) is 12.1 Å². The minimum Gasteiger partial charge on any atom is -0.316 e. The first-order valence-electron chi connectivity index (χ1n) is 7.79. The van der Waals surface area contributed by atoms with Crippen LogP contribution in [0.5, 0.6) is 0 Å². The summed E-state index contributed by atoms with van der Waals surface area (Å²) in [5.41, 5.74) is 2.10. The van der Waals surface area contributed by atoms with Crippen molar-refractivity contribution in [3.63, 3.8) is 0 Å². The van der Waals surface area contributed by atoms with Gasteiger partial charge in [0, 0.05) is 19.5 Å².